The number of aromatic nitrogens is 1. The molecule has 0 atom stereocenters. The number of rotatable bonds is 6. The molecular weight excluding hydrogens is 256 g/mol. The van der Waals surface area contributed by atoms with E-state index in [2.05, 4.69) is 4.98 Å². The molecule has 5 heteroatoms. The molecule has 0 aliphatic carbocycles. The van der Waals surface area contributed by atoms with Gasteiger partial charge in [0.1, 0.15) is 5.82 Å². The number of anilines is 1. The minimum absolute atomic E-state index is 0.0574. The van der Waals surface area contributed by atoms with Crippen molar-refractivity contribution in [2.24, 2.45) is 0 Å². The number of hydrogen-bond acceptors (Lipinski definition) is 4. The number of carboxylic acid groups (broad SMARTS) is 1. The summed E-state index contributed by atoms with van der Waals surface area (Å²) in [5.74, 6) is -0.351. The van der Waals surface area contributed by atoms with Crippen LogP contribution in [-0.4, -0.2) is 42.9 Å². The Kier molecular flexibility index (Phi) is 4.53. The van der Waals surface area contributed by atoms with Gasteiger partial charge in [-0.15, -0.1) is 0 Å². The van der Waals surface area contributed by atoms with Crippen molar-refractivity contribution in [1.82, 2.24) is 4.98 Å². The molecule has 1 aromatic carbocycles. The number of ether oxygens (including phenoxy) is 1. The molecule has 0 saturated heterocycles. The SMILES string of the molecule is CCOCCN(C)c1nc(C(=O)O)cc2ccccc12. The molecule has 0 saturated carbocycles. The zero-order chi connectivity index (χ0) is 14.5. The van der Waals surface area contributed by atoms with Crippen LogP contribution in [0.1, 0.15) is 17.4 Å². The quantitative estimate of drug-likeness (QED) is 0.820. The van der Waals surface area contributed by atoms with Crippen molar-refractivity contribution in [1.29, 1.82) is 0 Å². The summed E-state index contributed by atoms with van der Waals surface area (Å²) in [5.41, 5.74) is 0.0574. The van der Waals surface area contributed by atoms with Gasteiger partial charge in [-0.1, -0.05) is 24.3 Å². The lowest BCUT2D eigenvalue weighted by Gasteiger charge is -2.20. The van der Waals surface area contributed by atoms with E-state index in [1.54, 1.807) is 6.07 Å². The van der Waals surface area contributed by atoms with Gasteiger partial charge in [-0.2, -0.15) is 0 Å². The van der Waals surface area contributed by atoms with Gasteiger partial charge in [-0.05, 0) is 18.4 Å². The van der Waals surface area contributed by atoms with Crippen LogP contribution in [0.2, 0.25) is 0 Å². The third kappa shape index (κ3) is 3.05. The normalized spacial score (nSPS) is 10.7. The summed E-state index contributed by atoms with van der Waals surface area (Å²) in [5, 5.41) is 11.0. The first kappa shape index (κ1) is 14.3. The molecule has 106 valence electrons. The van der Waals surface area contributed by atoms with Gasteiger partial charge in [0.05, 0.1) is 6.61 Å². The highest BCUT2D eigenvalue weighted by molar-refractivity contribution is 5.97. The summed E-state index contributed by atoms with van der Waals surface area (Å²) >= 11 is 0. The Balaban J connectivity index is 2.41. The molecule has 1 aromatic heterocycles. The first-order valence-corrected chi connectivity index (χ1v) is 6.55. The lowest BCUT2D eigenvalue weighted by molar-refractivity contribution is 0.0691. The van der Waals surface area contributed by atoms with Crippen LogP contribution in [0.3, 0.4) is 0 Å². The number of carboxylic acids is 1. The number of aromatic carboxylic acids is 1. The van der Waals surface area contributed by atoms with Crippen molar-refractivity contribution in [2.45, 2.75) is 6.92 Å². The van der Waals surface area contributed by atoms with Gasteiger partial charge in [0.15, 0.2) is 5.69 Å². The molecule has 0 bridgehead atoms. The first-order valence-electron chi connectivity index (χ1n) is 6.55. The van der Waals surface area contributed by atoms with Crippen LogP contribution < -0.4 is 4.90 Å². The topological polar surface area (TPSA) is 62.7 Å². The van der Waals surface area contributed by atoms with E-state index in [9.17, 15) is 4.79 Å². The number of likely N-dealkylation sites (N-methyl/N-ethyl adjacent to an activating group) is 1. The number of hydrogen-bond donors (Lipinski definition) is 1. The number of nitrogens with zero attached hydrogens (tertiary/aromatic N) is 2. The second kappa shape index (κ2) is 6.34. The third-order valence-corrected chi connectivity index (χ3v) is 3.08. The maximum Gasteiger partial charge on any atom is 0.354 e. The minimum atomic E-state index is -1.02. The lowest BCUT2D eigenvalue weighted by Crippen LogP contribution is -2.24. The average Bonchev–Trinajstić information content (AvgIpc) is 2.46. The maximum atomic E-state index is 11.2. The highest BCUT2D eigenvalue weighted by atomic mass is 16.5. The summed E-state index contributed by atoms with van der Waals surface area (Å²) in [4.78, 5) is 17.3. The molecule has 20 heavy (non-hydrogen) atoms. The van der Waals surface area contributed by atoms with Gasteiger partial charge in [0.2, 0.25) is 0 Å². The van der Waals surface area contributed by atoms with Gasteiger partial charge >= 0.3 is 5.97 Å². The van der Waals surface area contributed by atoms with E-state index in [-0.39, 0.29) is 5.69 Å². The molecule has 0 fully saturated rings. The molecule has 2 aromatic rings. The molecule has 0 unspecified atom stereocenters. The fourth-order valence-corrected chi connectivity index (χ4v) is 2.03. The van der Waals surface area contributed by atoms with Crippen LogP contribution in [0, 0.1) is 0 Å². The lowest BCUT2D eigenvalue weighted by atomic mass is 10.1. The summed E-state index contributed by atoms with van der Waals surface area (Å²) in [6.07, 6.45) is 0. The summed E-state index contributed by atoms with van der Waals surface area (Å²) in [6.45, 7) is 3.85. The van der Waals surface area contributed by atoms with Crippen LogP contribution in [0.25, 0.3) is 10.8 Å². The fourth-order valence-electron chi connectivity index (χ4n) is 2.03. The Bertz CT molecular complexity index is 613. The van der Waals surface area contributed by atoms with Crippen molar-refractivity contribution in [3.63, 3.8) is 0 Å². The van der Waals surface area contributed by atoms with E-state index >= 15 is 0 Å². The summed E-state index contributed by atoms with van der Waals surface area (Å²) in [6, 6.07) is 9.24. The first-order chi connectivity index (χ1) is 9.63. The highest BCUT2D eigenvalue weighted by Crippen LogP contribution is 2.25. The molecule has 5 nitrogen and oxygen atoms in total. The predicted octanol–water partition coefficient (Wildman–Crippen LogP) is 2.41. The van der Waals surface area contributed by atoms with Crippen molar-refractivity contribution < 1.29 is 14.6 Å². The number of fused-ring (bicyclic) bond motifs is 1. The standard InChI is InChI=1S/C15H18N2O3/c1-3-20-9-8-17(2)14-12-7-5-4-6-11(12)10-13(16-14)15(18)19/h4-7,10H,3,8-9H2,1-2H3,(H,18,19). The van der Waals surface area contributed by atoms with Gasteiger partial charge in [0.25, 0.3) is 0 Å². The Morgan fingerprint density at radius 2 is 2.15 bits per heavy atom. The second-order valence-electron chi connectivity index (χ2n) is 4.48. The van der Waals surface area contributed by atoms with Gasteiger partial charge in [-0.3, -0.25) is 0 Å². The Morgan fingerprint density at radius 1 is 1.40 bits per heavy atom. The van der Waals surface area contributed by atoms with Crippen molar-refractivity contribution in [3.05, 3.63) is 36.0 Å². The van der Waals surface area contributed by atoms with E-state index in [0.717, 1.165) is 10.8 Å². The summed E-state index contributed by atoms with van der Waals surface area (Å²) in [7, 11) is 1.89. The molecule has 0 radical (unpaired) electrons. The monoisotopic (exact) mass is 274 g/mol. The molecule has 1 heterocycles. The smallest absolute Gasteiger partial charge is 0.354 e. The minimum Gasteiger partial charge on any atom is -0.477 e. The second-order valence-corrected chi connectivity index (χ2v) is 4.48. The van der Waals surface area contributed by atoms with Gasteiger partial charge in [0, 0.05) is 25.6 Å². The molecular formula is C15H18N2O3. The Hall–Kier alpha value is -2.14. The molecule has 1 N–H and O–H groups in total. The van der Waals surface area contributed by atoms with Crippen LogP contribution in [0.5, 0.6) is 0 Å². The highest BCUT2D eigenvalue weighted by Gasteiger charge is 2.13. The molecule has 0 amide bonds. The predicted molar refractivity (Wildman–Crippen MR) is 78.5 cm³/mol. The van der Waals surface area contributed by atoms with Crippen molar-refractivity contribution in [2.75, 3.05) is 31.7 Å². The largest absolute Gasteiger partial charge is 0.477 e. The zero-order valence-corrected chi connectivity index (χ0v) is 11.7. The van der Waals surface area contributed by atoms with Crippen LogP contribution >= 0.6 is 0 Å². The van der Waals surface area contributed by atoms with Crippen molar-refractivity contribution >= 4 is 22.6 Å². The van der Waals surface area contributed by atoms with Crippen LogP contribution in [0.15, 0.2) is 30.3 Å². The number of benzene rings is 1. The molecule has 2 rings (SSSR count). The van der Waals surface area contributed by atoms with E-state index in [0.29, 0.717) is 25.6 Å². The average molecular weight is 274 g/mol. The van der Waals surface area contributed by atoms with Crippen LogP contribution in [-0.2, 0) is 4.74 Å². The van der Waals surface area contributed by atoms with Gasteiger partial charge in [-0.25, -0.2) is 9.78 Å². The Labute approximate surface area is 117 Å². The van der Waals surface area contributed by atoms with Crippen LogP contribution in [0.4, 0.5) is 5.82 Å². The number of pyridine rings is 1. The maximum absolute atomic E-state index is 11.2. The van der Waals surface area contributed by atoms with E-state index in [4.69, 9.17) is 9.84 Å². The molecule has 0 aliphatic rings. The van der Waals surface area contributed by atoms with Crippen molar-refractivity contribution in [3.8, 4) is 0 Å². The van der Waals surface area contributed by atoms with E-state index in [1.807, 2.05) is 43.1 Å². The molecule has 0 aliphatic heterocycles. The number of carbonyl (C=O) groups is 1. The molecule has 0 spiro atoms. The zero-order valence-electron chi connectivity index (χ0n) is 11.7. The van der Waals surface area contributed by atoms with Gasteiger partial charge < -0.3 is 14.7 Å². The van der Waals surface area contributed by atoms with E-state index < -0.39 is 5.97 Å². The van der Waals surface area contributed by atoms with E-state index in [1.165, 1.54) is 0 Å². The third-order valence-electron chi connectivity index (χ3n) is 3.08. The Morgan fingerprint density at radius 3 is 2.85 bits per heavy atom. The summed E-state index contributed by atoms with van der Waals surface area (Å²) < 4.78 is 5.33. The fraction of sp³-hybridized carbons (Fsp3) is 0.333.